The maximum atomic E-state index is 12.8. The number of nitrogens with zero attached hydrogens (tertiary/aromatic N) is 3. The molecule has 0 aromatic heterocycles. The summed E-state index contributed by atoms with van der Waals surface area (Å²) in [5.74, 6) is 0. The molecule has 3 rings (SSSR count). The average Bonchev–Trinajstić information content (AvgIpc) is 2.64. The molecule has 0 N–H and O–H groups in total. The zero-order valence-electron chi connectivity index (χ0n) is 14.4. The lowest BCUT2D eigenvalue weighted by molar-refractivity contribution is 0.126. The van der Waals surface area contributed by atoms with Crippen LogP contribution in [0.1, 0.15) is 24.8 Å². The Kier molecular flexibility index (Phi) is 5.70. The molecule has 2 saturated heterocycles. The van der Waals surface area contributed by atoms with E-state index in [1.54, 1.807) is 23.1 Å². The second-order valence-corrected chi connectivity index (χ2v) is 9.42. The molecular formula is C17H24BrN3O3S. The summed E-state index contributed by atoms with van der Waals surface area (Å²) >= 11 is 3.40. The van der Waals surface area contributed by atoms with Gasteiger partial charge >= 0.3 is 6.03 Å². The highest BCUT2D eigenvalue weighted by molar-refractivity contribution is 9.10. The van der Waals surface area contributed by atoms with Gasteiger partial charge in [0.1, 0.15) is 0 Å². The van der Waals surface area contributed by atoms with E-state index in [9.17, 15) is 13.2 Å². The Hall–Kier alpha value is -1.12. The molecule has 1 aromatic carbocycles. The number of likely N-dealkylation sites (tertiary alicyclic amines) is 1. The van der Waals surface area contributed by atoms with Crippen molar-refractivity contribution in [3.8, 4) is 0 Å². The molecule has 1 aromatic rings. The van der Waals surface area contributed by atoms with Crippen molar-refractivity contribution in [1.29, 1.82) is 0 Å². The summed E-state index contributed by atoms with van der Waals surface area (Å²) in [4.78, 5) is 16.5. The number of carbonyl (C=O) groups excluding carboxylic acids is 1. The van der Waals surface area contributed by atoms with Crippen LogP contribution in [0.15, 0.2) is 27.6 Å². The molecule has 138 valence electrons. The number of carbonyl (C=O) groups is 1. The molecule has 0 atom stereocenters. The minimum Gasteiger partial charge on any atom is -0.325 e. The van der Waals surface area contributed by atoms with Crippen LogP contribution in [0.2, 0.25) is 0 Å². The molecule has 2 heterocycles. The van der Waals surface area contributed by atoms with Crippen LogP contribution in [-0.4, -0.2) is 67.8 Å². The first-order valence-corrected chi connectivity index (χ1v) is 10.9. The molecule has 0 bridgehead atoms. The van der Waals surface area contributed by atoms with E-state index >= 15 is 0 Å². The van der Waals surface area contributed by atoms with Crippen LogP contribution in [0.5, 0.6) is 0 Å². The molecule has 2 amide bonds. The zero-order chi connectivity index (χ0) is 18.0. The number of rotatable bonds is 2. The Labute approximate surface area is 158 Å². The molecule has 2 aliphatic rings. The predicted molar refractivity (Wildman–Crippen MR) is 100 cm³/mol. The fourth-order valence-electron chi connectivity index (χ4n) is 3.33. The SMILES string of the molecule is Cc1cc(S(=O)(=O)N2CCN(C(=O)N3CCCCC3)CC2)ccc1Br. The summed E-state index contributed by atoms with van der Waals surface area (Å²) in [5, 5.41) is 0. The van der Waals surface area contributed by atoms with Gasteiger partial charge < -0.3 is 9.80 Å². The van der Waals surface area contributed by atoms with Crippen molar-refractivity contribution in [2.75, 3.05) is 39.3 Å². The maximum Gasteiger partial charge on any atom is 0.320 e. The van der Waals surface area contributed by atoms with Gasteiger partial charge in [-0.15, -0.1) is 0 Å². The molecule has 8 heteroatoms. The van der Waals surface area contributed by atoms with Gasteiger partial charge in [-0.2, -0.15) is 4.31 Å². The zero-order valence-corrected chi connectivity index (χ0v) is 16.9. The second-order valence-electron chi connectivity index (χ2n) is 6.63. The van der Waals surface area contributed by atoms with E-state index in [2.05, 4.69) is 15.9 Å². The minimum atomic E-state index is -3.51. The highest BCUT2D eigenvalue weighted by Crippen LogP contribution is 2.23. The lowest BCUT2D eigenvalue weighted by Gasteiger charge is -2.38. The van der Waals surface area contributed by atoms with Crippen LogP contribution in [-0.2, 0) is 10.0 Å². The van der Waals surface area contributed by atoms with Gasteiger partial charge in [-0.3, -0.25) is 0 Å². The number of sulfonamides is 1. The second kappa shape index (κ2) is 7.63. The van der Waals surface area contributed by atoms with Crippen molar-refractivity contribution in [3.63, 3.8) is 0 Å². The quantitative estimate of drug-likeness (QED) is 0.725. The van der Waals surface area contributed by atoms with E-state index in [0.717, 1.165) is 36.0 Å². The molecule has 0 radical (unpaired) electrons. The van der Waals surface area contributed by atoms with Crippen molar-refractivity contribution >= 4 is 32.0 Å². The van der Waals surface area contributed by atoms with E-state index in [-0.39, 0.29) is 6.03 Å². The number of amides is 2. The number of piperazine rings is 1. The number of aryl methyl sites for hydroxylation is 1. The number of urea groups is 1. The van der Waals surface area contributed by atoms with Crippen LogP contribution < -0.4 is 0 Å². The number of piperidine rings is 1. The molecule has 0 unspecified atom stereocenters. The number of halogens is 1. The summed E-state index contributed by atoms with van der Waals surface area (Å²) < 4.78 is 28.0. The van der Waals surface area contributed by atoms with Gasteiger partial charge in [0.05, 0.1) is 4.90 Å². The van der Waals surface area contributed by atoms with Crippen LogP contribution >= 0.6 is 15.9 Å². The van der Waals surface area contributed by atoms with Crippen molar-refractivity contribution in [2.45, 2.75) is 31.1 Å². The molecule has 0 aliphatic carbocycles. The Morgan fingerprint density at radius 1 is 0.960 bits per heavy atom. The molecule has 2 aliphatic heterocycles. The van der Waals surface area contributed by atoms with E-state index in [4.69, 9.17) is 0 Å². The van der Waals surface area contributed by atoms with Gasteiger partial charge in [-0.25, -0.2) is 13.2 Å². The van der Waals surface area contributed by atoms with E-state index in [1.165, 1.54) is 10.7 Å². The molecule has 25 heavy (non-hydrogen) atoms. The van der Waals surface area contributed by atoms with Crippen molar-refractivity contribution in [2.24, 2.45) is 0 Å². The van der Waals surface area contributed by atoms with Crippen LogP contribution in [0.4, 0.5) is 4.79 Å². The minimum absolute atomic E-state index is 0.0521. The summed E-state index contributed by atoms with van der Waals surface area (Å²) in [6, 6.07) is 5.12. The summed E-state index contributed by atoms with van der Waals surface area (Å²) in [5.41, 5.74) is 0.889. The van der Waals surface area contributed by atoms with Gasteiger partial charge in [0.15, 0.2) is 0 Å². The van der Waals surface area contributed by atoms with Gasteiger partial charge in [0, 0.05) is 43.7 Å². The largest absolute Gasteiger partial charge is 0.325 e. The topological polar surface area (TPSA) is 60.9 Å². The van der Waals surface area contributed by atoms with E-state index in [1.807, 2.05) is 11.8 Å². The lowest BCUT2D eigenvalue weighted by atomic mass is 10.1. The highest BCUT2D eigenvalue weighted by Gasteiger charge is 2.32. The first-order chi connectivity index (χ1) is 11.9. The number of benzene rings is 1. The fraction of sp³-hybridized carbons (Fsp3) is 0.588. The third kappa shape index (κ3) is 4.01. The summed E-state index contributed by atoms with van der Waals surface area (Å²) in [7, 11) is -3.51. The smallest absolute Gasteiger partial charge is 0.320 e. The van der Waals surface area contributed by atoms with Gasteiger partial charge in [0.2, 0.25) is 10.0 Å². The van der Waals surface area contributed by atoms with Gasteiger partial charge in [0.25, 0.3) is 0 Å². The standard InChI is InChI=1S/C17H24BrN3O3S/c1-14-13-15(5-6-16(14)18)25(23,24)21-11-9-20(10-12-21)17(22)19-7-3-2-4-8-19/h5-6,13H,2-4,7-12H2,1H3. The average molecular weight is 430 g/mol. The van der Waals surface area contributed by atoms with Gasteiger partial charge in [-0.1, -0.05) is 15.9 Å². The van der Waals surface area contributed by atoms with E-state index in [0.29, 0.717) is 31.1 Å². The number of hydrogen-bond donors (Lipinski definition) is 0. The highest BCUT2D eigenvalue weighted by atomic mass is 79.9. The molecule has 2 fully saturated rings. The summed E-state index contributed by atoms with van der Waals surface area (Å²) in [6.45, 7) is 5.09. The molecule has 0 spiro atoms. The predicted octanol–water partition coefficient (Wildman–Crippen LogP) is 2.67. The first-order valence-electron chi connectivity index (χ1n) is 8.70. The number of hydrogen-bond acceptors (Lipinski definition) is 3. The third-order valence-corrected chi connectivity index (χ3v) is 7.69. The Bertz CT molecular complexity index is 740. The Morgan fingerprint density at radius 2 is 1.56 bits per heavy atom. The monoisotopic (exact) mass is 429 g/mol. The summed E-state index contributed by atoms with van der Waals surface area (Å²) in [6.07, 6.45) is 3.30. The van der Waals surface area contributed by atoms with Crippen LogP contribution in [0, 0.1) is 6.92 Å². The maximum absolute atomic E-state index is 12.8. The van der Waals surface area contributed by atoms with Gasteiger partial charge in [-0.05, 0) is 49.9 Å². The lowest BCUT2D eigenvalue weighted by Crippen LogP contribution is -2.54. The van der Waals surface area contributed by atoms with Crippen LogP contribution in [0.25, 0.3) is 0 Å². The van der Waals surface area contributed by atoms with Crippen molar-refractivity contribution in [1.82, 2.24) is 14.1 Å². The molecule has 6 nitrogen and oxygen atoms in total. The molecular weight excluding hydrogens is 406 g/mol. The Morgan fingerprint density at radius 3 is 2.16 bits per heavy atom. The van der Waals surface area contributed by atoms with E-state index < -0.39 is 10.0 Å². The first kappa shape index (κ1) is 18.7. The normalized spacial score (nSPS) is 19.9. The Balaban J connectivity index is 1.64. The third-order valence-electron chi connectivity index (χ3n) is 4.90. The fourth-order valence-corrected chi connectivity index (χ4v) is 5.09. The molecule has 0 saturated carbocycles. The van der Waals surface area contributed by atoms with Crippen molar-refractivity contribution < 1.29 is 13.2 Å². The van der Waals surface area contributed by atoms with Crippen LogP contribution in [0.3, 0.4) is 0 Å². The van der Waals surface area contributed by atoms with Crippen molar-refractivity contribution in [3.05, 3.63) is 28.2 Å².